The average Bonchev–Trinajstić information content (AvgIpc) is 2.68. The highest BCUT2D eigenvalue weighted by molar-refractivity contribution is 9.10. The van der Waals surface area contributed by atoms with Gasteiger partial charge in [0.25, 0.3) is 0 Å². The van der Waals surface area contributed by atoms with E-state index in [2.05, 4.69) is 15.9 Å². The number of rotatable bonds is 3. The molecule has 17 heavy (non-hydrogen) atoms. The number of Topliss-reactive ketones (excluding diaryl/α,β-unsaturated/α-hetero) is 1. The Labute approximate surface area is 113 Å². The lowest BCUT2D eigenvalue weighted by atomic mass is 10.3. The molecule has 0 unspecified atom stereocenters. The summed E-state index contributed by atoms with van der Waals surface area (Å²) in [7, 11) is -2.87. The molecule has 2 heterocycles. The van der Waals surface area contributed by atoms with Crippen molar-refractivity contribution in [2.75, 3.05) is 31.1 Å². The van der Waals surface area contributed by atoms with Gasteiger partial charge in [-0.3, -0.25) is 9.69 Å². The highest BCUT2D eigenvalue weighted by Crippen LogP contribution is 2.23. The summed E-state index contributed by atoms with van der Waals surface area (Å²) < 4.78 is 23.3. The van der Waals surface area contributed by atoms with Gasteiger partial charge in [0.1, 0.15) is 0 Å². The van der Waals surface area contributed by atoms with Crippen molar-refractivity contribution >= 4 is 42.9 Å². The minimum absolute atomic E-state index is 0.0474. The van der Waals surface area contributed by atoms with Crippen LogP contribution in [0.4, 0.5) is 0 Å². The molecule has 1 aliphatic rings. The first-order valence-electron chi connectivity index (χ1n) is 5.17. The molecule has 0 spiro atoms. The van der Waals surface area contributed by atoms with E-state index in [4.69, 9.17) is 0 Å². The summed E-state index contributed by atoms with van der Waals surface area (Å²) in [5.74, 6) is 0.365. The van der Waals surface area contributed by atoms with Crippen molar-refractivity contribution in [3.63, 3.8) is 0 Å². The molecule has 1 fully saturated rings. The van der Waals surface area contributed by atoms with Crippen molar-refractivity contribution in [2.45, 2.75) is 0 Å². The number of carbonyl (C=O) groups excluding carboxylic acids is 1. The third-order valence-electron chi connectivity index (χ3n) is 2.67. The van der Waals surface area contributed by atoms with Crippen molar-refractivity contribution < 1.29 is 13.2 Å². The third kappa shape index (κ3) is 3.37. The molecule has 0 aliphatic carbocycles. The fourth-order valence-corrected chi connectivity index (χ4v) is 4.48. The van der Waals surface area contributed by atoms with Gasteiger partial charge in [-0.1, -0.05) is 0 Å². The van der Waals surface area contributed by atoms with Crippen LogP contribution in [0.25, 0.3) is 0 Å². The van der Waals surface area contributed by atoms with E-state index in [0.717, 1.165) is 4.47 Å². The zero-order chi connectivity index (χ0) is 12.5. The Morgan fingerprint density at radius 3 is 2.59 bits per heavy atom. The summed E-state index contributed by atoms with van der Waals surface area (Å²) in [6, 6.07) is 1.85. The van der Waals surface area contributed by atoms with Crippen LogP contribution in [0.2, 0.25) is 0 Å². The first-order valence-corrected chi connectivity index (χ1v) is 8.66. The fourth-order valence-electron chi connectivity index (χ4n) is 1.68. The summed E-state index contributed by atoms with van der Waals surface area (Å²) in [5.41, 5.74) is 0. The molecule has 1 saturated heterocycles. The monoisotopic (exact) mass is 337 g/mol. The molecular weight excluding hydrogens is 326 g/mol. The van der Waals surface area contributed by atoms with E-state index in [1.165, 1.54) is 11.3 Å². The first-order chi connectivity index (χ1) is 7.98. The Balaban J connectivity index is 1.95. The van der Waals surface area contributed by atoms with Crippen LogP contribution in [-0.2, 0) is 9.84 Å². The lowest BCUT2D eigenvalue weighted by Crippen LogP contribution is -2.42. The minimum atomic E-state index is -2.87. The van der Waals surface area contributed by atoms with Gasteiger partial charge in [-0.15, -0.1) is 11.3 Å². The van der Waals surface area contributed by atoms with Crippen LogP contribution >= 0.6 is 27.3 Å². The smallest absolute Gasteiger partial charge is 0.187 e. The van der Waals surface area contributed by atoms with E-state index >= 15 is 0 Å². The van der Waals surface area contributed by atoms with E-state index in [-0.39, 0.29) is 17.3 Å². The van der Waals surface area contributed by atoms with Crippen LogP contribution in [-0.4, -0.2) is 50.2 Å². The number of carbonyl (C=O) groups is 1. The molecule has 0 atom stereocenters. The molecule has 4 nitrogen and oxygen atoms in total. The maximum atomic E-state index is 11.9. The molecular formula is C10H12BrNO3S2. The van der Waals surface area contributed by atoms with Crippen LogP contribution < -0.4 is 0 Å². The molecule has 0 amide bonds. The Bertz CT molecular complexity index is 509. The Morgan fingerprint density at radius 1 is 1.41 bits per heavy atom. The molecule has 0 saturated carbocycles. The molecule has 7 heteroatoms. The van der Waals surface area contributed by atoms with Crippen LogP contribution in [0.3, 0.4) is 0 Å². The predicted octanol–water partition coefficient (Wildman–Crippen LogP) is 1.42. The van der Waals surface area contributed by atoms with Gasteiger partial charge in [0.15, 0.2) is 15.6 Å². The lowest BCUT2D eigenvalue weighted by molar-refractivity contribution is 0.0939. The van der Waals surface area contributed by atoms with E-state index in [0.29, 0.717) is 24.5 Å². The number of hydrogen-bond donors (Lipinski definition) is 0. The summed E-state index contributed by atoms with van der Waals surface area (Å²) in [6.07, 6.45) is 0. The summed E-state index contributed by atoms with van der Waals surface area (Å²) in [6.45, 7) is 1.21. The molecule has 0 radical (unpaired) electrons. The SMILES string of the molecule is O=C(CN1CCS(=O)(=O)CC1)c1sccc1Br. The van der Waals surface area contributed by atoms with Gasteiger partial charge in [0.05, 0.1) is 22.9 Å². The van der Waals surface area contributed by atoms with Crippen molar-refractivity contribution in [2.24, 2.45) is 0 Å². The van der Waals surface area contributed by atoms with E-state index in [1.54, 1.807) is 0 Å². The topological polar surface area (TPSA) is 54.5 Å². The molecule has 0 aromatic carbocycles. The number of hydrogen-bond acceptors (Lipinski definition) is 5. The number of ketones is 1. The Kier molecular flexibility index (Phi) is 4.02. The van der Waals surface area contributed by atoms with Gasteiger partial charge in [-0.05, 0) is 27.4 Å². The summed E-state index contributed by atoms with van der Waals surface area (Å²) in [4.78, 5) is 14.6. The van der Waals surface area contributed by atoms with Crippen LogP contribution in [0.15, 0.2) is 15.9 Å². The normalized spacial score (nSPS) is 20.3. The van der Waals surface area contributed by atoms with Gasteiger partial charge in [0, 0.05) is 17.6 Å². The van der Waals surface area contributed by atoms with Crippen molar-refractivity contribution in [3.8, 4) is 0 Å². The van der Waals surface area contributed by atoms with Crippen molar-refractivity contribution in [3.05, 3.63) is 20.8 Å². The highest BCUT2D eigenvalue weighted by atomic mass is 79.9. The van der Waals surface area contributed by atoms with Crippen molar-refractivity contribution in [1.82, 2.24) is 4.90 Å². The highest BCUT2D eigenvalue weighted by Gasteiger charge is 2.24. The lowest BCUT2D eigenvalue weighted by Gasteiger charge is -2.25. The molecule has 2 rings (SSSR count). The maximum Gasteiger partial charge on any atom is 0.187 e. The zero-order valence-corrected chi connectivity index (χ0v) is 12.3. The Morgan fingerprint density at radius 2 is 2.06 bits per heavy atom. The standard InChI is InChI=1S/C10H12BrNO3S2/c11-8-1-4-16-10(8)9(13)7-12-2-5-17(14,15)6-3-12/h1,4H,2-3,5-7H2. The summed E-state index contributed by atoms with van der Waals surface area (Å²) >= 11 is 4.73. The molecule has 0 N–H and O–H groups in total. The maximum absolute atomic E-state index is 11.9. The van der Waals surface area contributed by atoms with Gasteiger partial charge < -0.3 is 0 Å². The van der Waals surface area contributed by atoms with Crippen LogP contribution in [0.5, 0.6) is 0 Å². The van der Waals surface area contributed by atoms with E-state index in [1.807, 2.05) is 16.3 Å². The molecule has 94 valence electrons. The third-order valence-corrected chi connectivity index (χ3v) is 6.16. The second-order valence-corrected chi connectivity index (χ2v) is 8.02. The van der Waals surface area contributed by atoms with E-state index in [9.17, 15) is 13.2 Å². The quantitative estimate of drug-likeness (QED) is 0.783. The number of halogens is 1. The predicted molar refractivity (Wildman–Crippen MR) is 71.4 cm³/mol. The molecule has 1 aromatic heterocycles. The van der Waals surface area contributed by atoms with E-state index < -0.39 is 9.84 Å². The number of nitrogens with zero attached hydrogens (tertiary/aromatic N) is 1. The molecule has 1 aromatic rings. The second kappa shape index (κ2) is 5.17. The van der Waals surface area contributed by atoms with Crippen molar-refractivity contribution in [1.29, 1.82) is 0 Å². The van der Waals surface area contributed by atoms with Crippen LogP contribution in [0.1, 0.15) is 9.67 Å². The molecule has 0 bridgehead atoms. The summed E-state index contributed by atoms with van der Waals surface area (Å²) in [5, 5.41) is 1.86. The largest absolute Gasteiger partial charge is 0.294 e. The fraction of sp³-hybridized carbons (Fsp3) is 0.500. The van der Waals surface area contributed by atoms with Gasteiger partial charge in [0.2, 0.25) is 0 Å². The average molecular weight is 338 g/mol. The zero-order valence-electron chi connectivity index (χ0n) is 9.06. The number of sulfone groups is 1. The van der Waals surface area contributed by atoms with Gasteiger partial charge in [-0.2, -0.15) is 0 Å². The first kappa shape index (κ1) is 13.2. The second-order valence-electron chi connectivity index (χ2n) is 3.95. The minimum Gasteiger partial charge on any atom is -0.294 e. The Hall–Kier alpha value is -0.240. The van der Waals surface area contributed by atoms with Crippen LogP contribution in [0, 0.1) is 0 Å². The number of thiophene rings is 1. The molecule has 1 aliphatic heterocycles. The van der Waals surface area contributed by atoms with Gasteiger partial charge >= 0.3 is 0 Å². The van der Waals surface area contributed by atoms with Gasteiger partial charge in [-0.25, -0.2) is 8.42 Å².